The summed E-state index contributed by atoms with van der Waals surface area (Å²) in [7, 11) is 0. The first-order valence-corrected chi connectivity index (χ1v) is 7.47. The van der Waals surface area contributed by atoms with E-state index in [2.05, 4.69) is 20.4 Å². The Balaban J connectivity index is 1.57. The van der Waals surface area contributed by atoms with Gasteiger partial charge in [0.25, 0.3) is 5.69 Å². The number of hydrogen-bond donors (Lipinski definition) is 1. The summed E-state index contributed by atoms with van der Waals surface area (Å²) >= 11 is 0. The Morgan fingerprint density at radius 3 is 2.78 bits per heavy atom. The van der Waals surface area contributed by atoms with Gasteiger partial charge in [0.2, 0.25) is 0 Å². The predicted octanol–water partition coefficient (Wildman–Crippen LogP) is 3.02. The van der Waals surface area contributed by atoms with Gasteiger partial charge < -0.3 is 9.32 Å². The van der Waals surface area contributed by atoms with Crippen LogP contribution in [0, 0.1) is 10.1 Å². The molecule has 1 fully saturated rings. The maximum absolute atomic E-state index is 10.5. The Kier molecular flexibility index (Phi) is 4.51. The van der Waals surface area contributed by atoms with E-state index in [0.717, 1.165) is 19.0 Å². The second-order valence-electron chi connectivity index (χ2n) is 5.25. The average molecular weight is 315 g/mol. The van der Waals surface area contributed by atoms with Gasteiger partial charge in [-0.25, -0.2) is 4.98 Å². The minimum absolute atomic E-state index is 0.0586. The molecule has 0 bridgehead atoms. The number of pyridine rings is 1. The van der Waals surface area contributed by atoms with Crippen LogP contribution in [0.2, 0.25) is 0 Å². The number of aromatic nitrogens is 1. The summed E-state index contributed by atoms with van der Waals surface area (Å²) < 4.78 is 5.74. The van der Waals surface area contributed by atoms with Crippen LogP contribution in [0.25, 0.3) is 0 Å². The SMILES string of the molecule is O=[N+]([O-])c1ccc(N/N=C/c2ccc(N3CCCCC3)o2)nc1. The zero-order valence-electron chi connectivity index (χ0n) is 12.5. The van der Waals surface area contributed by atoms with Crippen molar-refractivity contribution in [2.24, 2.45) is 5.10 Å². The lowest BCUT2D eigenvalue weighted by atomic mass is 10.1. The van der Waals surface area contributed by atoms with E-state index in [0.29, 0.717) is 11.6 Å². The highest BCUT2D eigenvalue weighted by molar-refractivity contribution is 5.77. The molecule has 0 spiro atoms. The van der Waals surface area contributed by atoms with Crippen molar-refractivity contribution in [3.8, 4) is 0 Å². The molecule has 0 radical (unpaired) electrons. The fourth-order valence-corrected chi connectivity index (χ4v) is 2.42. The van der Waals surface area contributed by atoms with Gasteiger partial charge in [-0.05, 0) is 31.4 Å². The van der Waals surface area contributed by atoms with E-state index in [-0.39, 0.29) is 5.69 Å². The average Bonchev–Trinajstić information content (AvgIpc) is 3.05. The molecule has 0 unspecified atom stereocenters. The Morgan fingerprint density at radius 1 is 1.26 bits per heavy atom. The minimum Gasteiger partial charge on any atom is -0.440 e. The molecule has 0 amide bonds. The molecule has 1 N–H and O–H groups in total. The molecule has 0 aliphatic carbocycles. The van der Waals surface area contributed by atoms with Gasteiger partial charge in [-0.15, -0.1) is 0 Å². The Bertz CT molecular complexity index is 689. The highest BCUT2D eigenvalue weighted by atomic mass is 16.6. The van der Waals surface area contributed by atoms with E-state index < -0.39 is 4.92 Å². The second kappa shape index (κ2) is 6.91. The van der Waals surface area contributed by atoms with E-state index >= 15 is 0 Å². The number of hydrogen-bond acceptors (Lipinski definition) is 7. The van der Waals surface area contributed by atoms with E-state index in [1.165, 1.54) is 37.6 Å². The van der Waals surface area contributed by atoms with E-state index in [1.807, 2.05) is 12.1 Å². The van der Waals surface area contributed by atoms with Gasteiger partial charge in [-0.1, -0.05) is 0 Å². The van der Waals surface area contributed by atoms with Crippen molar-refractivity contribution in [2.75, 3.05) is 23.4 Å². The molecule has 3 heterocycles. The van der Waals surface area contributed by atoms with Crippen molar-refractivity contribution >= 4 is 23.6 Å². The number of nitrogens with zero attached hydrogens (tertiary/aromatic N) is 4. The molecular formula is C15H17N5O3. The number of furan rings is 1. The largest absolute Gasteiger partial charge is 0.440 e. The summed E-state index contributed by atoms with van der Waals surface area (Å²) in [4.78, 5) is 16.2. The number of hydrazone groups is 1. The molecule has 0 aromatic carbocycles. The van der Waals surface area contributed by atoms with Gasteiger partial charge in [-0.2, -0.15) is 5.10 Å². The number of nitro groups is 1. The standard InChI is InChI=1S/C15H17N5O3/c21-20(22)12-4-6-14(16-10-12)18-17-11-13-5-7-15(23-13)19-8-2-1-3-9-19/h4-7,10-11H,1-3,8-9H2,(H,16,18)/b17-11+. The predicted molar refractivity (Wildman–Crippen MR) is 86.9 cm³/mol. The minimum atomic E-state index is -0.495. The first-order valence-electron chi connectivity index (χ1n) is 7.47. The van der Waals surface area contributed by atoms with E-state index in [4.69, 9.17) is 4.42 Å². The monoisotopic (exact) mass is 315 g/mol. The molecule has 2 aromatic heterocycles. The van der Waals surface area contributed by atoms with Crippen LogP contribution in [0.4, 0.5) is 17.4 Å². The van der Waals surface area contributed by atoms with Gasteiger partial charge in [0.1, 0.15) is 17.8 Å². The van der Waals surface area contributed by atoms with E-state index in [9.17, 15) is 10.1 Å². The molecular weight excluding hydrogens is 298 g/mol. The highest BCUT2D eigenvalue weighted by Gasteiger charge is 2.13. The summed E-state index contributed by atoms with van der Waals surface area (Å²) in [6.07, 6.45) is 6.39. The molecule has 0 atom stereocenters. The number of rotatable bonds is 5. The summed E-state index contributed by atoms with van der Waals surface area (Å²) in [6, 6.07) is 6.66. The fraction of sp³-hybridized carbons (Fsp3) is 0.333. The third kappa shape index (κ3) is 3.85. The summed E-state index contributed by atoms with van der Waals surface area (Å²) in [5, 5.41) is 14.6. The smallest absolute Gasteiger partial charge is 0.287 e. The third-order valence-electron chi connectivity index (χ3n) is 3.61. The van der Waals surface area contributed by atoms with Gasteiger partial charge in [0.15, 0.2) is 5.88 Å². The summed E-state index contributed by atoms with van der Waals surface area (Å²) in [5.74, 6) is 1.93. The van der Waals surface area contributed by atoms with Gasteiger partial charge in [0.05, 0.1) is 11.1 Å². The second-order valence-corrected chi connectivity index (χ2v) is 5.25. The number of piperidine rings is 1. The topological polar surface area (TPSA) is 96.8 Å². The Morgan fingerprint density at radius 2 is 2.09 bits per heavy atom. The molecule has 1 aliphatic rings. The molecule has 0 saturated carbocycles. The van der Waals surface area contributed by atoms with E-state index in [1.54, 1.807) is 6.21 Å². The van der Waals surface area contributed by atoms with Crippen molar-refractivity contribution in [1.29, 1.82) is 0 Å². The summed E-state index contributed by atoms with van der Waals surface area (Å²) in [5.41, 5.74) is 2.65. The van der Waals surface area contributed by atoms with Crippen LogP contribution in [0.1, 0.15) is 25.0 Å². The third-order valence-corrected chi connectivity index (χ3v) is 3.61. The maximum atomic E-state index is 10.5. The zero-order valence-corrected chi connectivity index (χ0v) is 12.5. The van der Waals surface area contributed by atoms with Crippen molar-refractivity contribution in [3.63, 3.8) is 0 Å². The lowest BCUT2D eigenvalue weighted by molar-refractivity contribution is -0.385. The van der Waals surface area contributed by atoms with Crippen LogP contribution in [0.5, 0.6) is 0 Å². The number of nitrogens with one attached hydrogen (secondary N) is 1. The molecule has 1 aliphatic heterocycles. The quantitative estimate of drug-likeness (QED) is 0.517. The zero-order chi connectivity index (χ0) is 16.1. The Labute approximate surface area is 133 Å². The molecule has 3 rings (SSSR count). The maximum Gasteiger partial charge on any atom is 0.287 e. The van der Waals surface area contributed by atoms with Crippen LogP contribution in [0.15, 0.2) is 40.0 Å². The normalized spacial score (nSPS) is 15.0. The van der Waals surface area contributed by atoms with Crippen molar-refractivity contribution < 1.29 is 9.34 Å². The molecule has 120 valence electrons. The van der Waals surface area contributed by atoms with Crippen molar-refractivity contribution in [1.82, 2.24) is 4.98 Å². The summed E-state index contributed by atoms with van der Waals surface area (Å²) in [6.45, 7) is 2.05. The van der Waals surface area contributed by atoms with Crippen LogP contribution >= 0.6 is 0 Å². The first-order chi connectivity index (χ1) is 11.2. The van der Waals surface area contributed by atoms with Crippen molar-refractivity contribution in [2.45, 2.75) is 19.3 Å². The molecule has 1 saturated heterocycles. The van der Waals surface area contributed by atoms with Crippen LogP contribution in [-0.4, -0.2) is 29.2 Å². The molecule has 2 aromatic rings. The van der Waals surface area contributed by atoms with Crippen LogP contribution in [-0.2, 0) is 0 Å². The molecule has 8 heteroatoms. The molecule has 8 nitrogen and oxygen atoms in total. The van der Waals surface area contributed by atoms with Gasteiger partial charge >= 0.3 is 0 Å². The van der Waals surface area contributed by atoms with Crippen LogP contribution in [0.3, 0.4) is 0 Å². The lowest BCUT2D eigenvalue weighted by Gasteiger charge is -2.25. The van der Waals surface area contributed by atoms with Gasteiger partial charge in [-0.3, -0.25) is 15.5 Å². The fourth-order valence-electron chi connectivity index (χ4n) is 2.42. The Hall–Kier alpha value is -2.90. The first kappa shape index (κ1) is 15.0. The highest BCUT2D eigenvalue weighted by Crippen LogP contribution is 2.21. The van der Waals surface area contributed by atoms with Gasteiger partial charge in [0, 0.05) is 25.2 Å². The van der Waals surface area contributed by atoms with Crippen LogP contribution < -0.4 is 10.3 Å². The lowest BCUT2D eigenvalue weighted by Crippen LogP contribution is -2.28. The molecule has 23 heavy (non-hydrogen) atoms. The van der Waals surface area contributed by atoms with Crippen molar-refractivity contribution in [3.05, 3.63) is 46.3 Å². The number of anilines is 2.